The van der Waals surface area contributed by atoms with Crippen LogP contribution in [0.25, 0.3) is 22.5 Å². The van der Waals surface area contributed by atoms with Gasteiger partial charge in [-0.3, -0.25) is 0 Å². The second-order valence-electron chi connectivity index (χ2n) is 4.73. The predicted molar refractivity (Wildman–Crippen MR) is 81.6 cm³/mol. The van der Waals surface area contributed by atoms with Crippen LogP contribution in [0.5, 0.6) is 0 Å². The van der Waals surface area contributed by atoms with Gasteiger partial charge in [-0.2, -0.15) is 0 Å². The monoisotopic (exact) mass is 290 g/mol. The van der Waals surface area contributed by atoms with E-state index in [1.165, 1.54) is 6.92 Å². The zero-order chi connectivity index (χ0) is 15.4. The number of hydrogen-bond donors (Lipinski definition) is 0. The molecule has 1 heterocycles. The second kappa shape index (κ2) is 6.13. The van der Waals surface area contributed by atoms with Crippen molar-refractivity contribution in [3.63, 3.8) is 0 Å². The standard InChI is InChI=1S/C17H14N4O/c1-13(22)18-21-19-16(14-8-4-2-5-9-14)12-17(20-21)15-10-6-3-7-11-15/h2-12H,1H3. The third-order valence-corrected chi connectivity index (χ3v) is 3.04. The third kappa shape index (κ3) is 3.15. The molecule has 0 aliphatic carbocycles. The fourth-order valence-electron chi connectivity index (χ4n) is 2.07. The Kier molecular flexibility index (Phi) is 3.87. The highest BCUT2D eigenvalue weighted by Gasteiger charge is 2.14. The summed E-state index contributed by atoms with van der Waals surface area (Å²) in [5.41, 5.74) is 3.29. The molecule has 0 aliphatic heterocycles. The van der Waals surface area contributed by atoms with Crippen LogP contribution in [0, 0.1) is 0 Å². The van der Waals surface area contributed by atoms with Gasteiger partial charge >= 0.3 is 0 Å². The molecular formula is C17H14N4O. The Bertz CT molecular complexity index is 740. The van der Waals surface area contributed by atoms with Crippen molar-refractivity contribution in [3.8, 4) is 22.5 Å². The van der Waals surface area contributed by atoms with E-state index in [4.69, 9.17) is 0 Å². The summed E-state index contributed by atoms with van der Waals surface area (Å²) in [4.78, 5) is 1.09. The molecule has 2 aromatic carbocycles. The molecule has 3 aromatic rings. The SMILES string of the molecule is C/C([O-])=N/[n+]1nc(-c2ccccc2)cc(-c2ccccc2)n1. The van der Waals surface area contributed by atoms with Gasteiger partial charge in [-0.1, -0.05) is 60.7 Å². The first-order valence-electron chi connectivity index (χ1n) is 6.87. The van der Waals surface area contributed by atoms with Crippen molar-refractivity contribution in [2.75, 3.05) is 0 Å². The summed E-state index contributed by atoms with van der Waals surface area (Å²) < 4.78 is 0. The Balaban J connectivity index is 2.17. The van der Waals surface area contributed by atoms with Gasteiger partial charge in [-0.05, 0) is 6.92 Å². The maximum atomic E-state index is 11.2. The zero-order valence-electron chi connectivity index (χ0n) is 12.0. The van der Waals surface area contributed by atoms with Crippen molar-refractivity contribution in [3.05, 3.63) is 66.7 Å². The predicted octanol–water partition coefficient (Wildman–Crippen LogP) is 1.64. The van der Waals surface area contributed by atoms with Crippen molar-refractivity contribution in [1.29, 1.82) is 0 Å². The van der Waals surface area contributed by atoms with Gasteiger partial charge in [0.05, 0.1) is 10.2 Å². The number of nitrogens with zero attached hydrogens (tertiary/aromatic N) is 4. The molecule has 5 heteroatoms. The number of benzene rings is 2. The molecule has 0 spiro atoms. The van der Waals surface area contributed by atoms with Crippen LogP contribution in [-0.4, -0.2) is 16.1 Å². The van der Waals surface area contributed by atoms with Crippen LogP contribution in [0.15, 0.2) is 71.8 Å². The van der Waals surface area contributed by atoms with Crippen molar-refractivity contribution < 1.29 is 10.0 Å². The molecule has 0 atom stereocenters. The van der Waals surface area contributed by atoms with E-state index in [9.17, 15) is 5.11 Å². The largest absolute Gasteiger partial charge is 0.858 e. The van der Waals surface area contributed by atoms with Crippen LogP contribution in [0.4, 0.5) is 0 Å². The van der Waals surface area contributed by atoms with E-state index in [2.05, 4.69) is 15.3 Å². The quantitative estimate of drug-likeness (QED) is 0.418. The average molecular weight is 290 g/mol. The van der Waals surface area contributed by atoms with Gasteiger partial charge < -0.3 is 5.11 Å². The summed E-state index contributed by atoms with van der Waals surface area (Å²) in [5.74, 6) is -0.353. The zero-order valence-corrected chi connectivity index (χ0v) is 12.0. The molecule has 0 amide bonds. The van der Waals surface area contributed by atoms with Crippen molar-refractivity contribution >= 4 is 5.90 Å². The van der Waals surface area contributed by atoms with E-state index in [1.807, 2.05) is 66.7 Å². The lowest BCUT2D eigenvalue weighted by Gasteiger charge is -2.01. The fourth-order valence-corrected chi connectivity index (χ4v) is 2.07. The molecule has 0 N–H and O–H groups in total. The minimum Gasteiger partial charge on any atom is -0.858 e. The van der Waals surface area contributed by atoms with E-state index < -0.39 is 0 Å². The van der Waals surface area contributed by atoms with Gasteiger partial charge in [0.15, 0.2) is 4.91 Å². The molecule has 0 saturated heterocycles. The molecule has 108 valence electrons. The topological polar surface area (TPSA) is 65.1 Å². The summed E-state index contributed by atoms with van der Waals surface area (Å²) in [6.07, 6.45) is 0. The summed E-state index contributed by atoms with van der Waals surface area (Å²) in [6, 6.07) is 21.3. The Morgan fingerprint density at radius 2 is 1.32 bits per heavy atom. The van der Waals surface area contributed by atoms with Gasteiger partial charge in [0.25, 0.3) is 0 Å². The molecule has 1 aromatic heterocycles. The van der Waals surface area contributed by atoms with Gasteiger partial charge in [0.2, 0.25) is 0 Å². The van der Waals surface area contributed by atoms with Crippen molar-refractivity contribution in [2.45, 2.75) is 6.92 Å². The van der Waals surface area contributed by atoms with E-state index in [0.29, 0.717) is 11.4 Å². The lowest BCUT2D eigenvalue weighted by atomic mass is 10.1. The fraction of sp³-hybridized carbons (Fsp3) is 0.0588. The molecule has 22 heavy (non-hydrogen) atoms. The highest BCUT2D eigenvalue weighted by atomic mass is 16.3. The Hall–Kier alpha value is -3.08. The molecule has 3 rings (SSSR count). The van der Waals surface area contributed by atoms with Gasteiger partial charge in [0.1, 0.15) is 11.4 Å². The van der Waals surface area contributed by atoms with Gasteiger partial charge in [-0.15, -0.1) is 0 Å². The van der Waals surface area contributed by atoms with Crippen LogP contribution >= 0.6 is 0 Å². The minimum absolute atomic E-state index is 0.353. The lowest BCUT2D eigenvalue weighted by molar-refractivity contribution is -0.792. The Labute approximate surface area is 128 Å². The molecule has 5 nitrogen and oxygen atoms in total. The first kappa shape index (κ1) is 13.9. The molecule has 0 saturated carbocycles. The normalized spacial score (nSPS) is 11.4. The maximum Gasteiger partial charge on any atom is 0.182 e. The van der Waals surface area contributed by atoms with Crippen LogP contribution < -0.4 is 10.0 Å². The molecule has 0 bridgehead atoms. The molecule has 0 unspecified atom stereocenters. The summed E-state index contributed by atoms with van der Waals surface area (Å²) >= 11 is 0. The maximum absolute atomic E-state index is 11.2. The molecule has 0 aliphatic rings. The van der Waals surface area contributed by atoms with Gasteiger partial charge in [0, 0.05) is 28.2 Å². The van der Waals surface area contributed by atoms with E-state index in [1.54, 1.807) is 0 Å². The summed E-state index contributed by atoms with van der Waals surface area (Å²) in [5, 5.41) is 23.6. The number of rotatable bonds is 3. The second-order valence-corrected chi connectivity index (χ2v) is 4.73. The smallest absolute Gasteiger partial charge is 0.182 e. The molecule has 0 radical (unpaired) electrons. The average Bonchev–Trinajstić information content (AvgIpc) is 2.55. The van der Waals surface area contributed by atoms with Crippen molar-refractivity contribution in [1.82, 2.24) is 10.2 Å². The lowest BCUT2D eigenvalue weighted by Crippen LogP contribution is -2.40. The summed E-state index contributed by atoms with van der Waals surface area (Å²) in [7, 11) is 0. The number of aromatic nitrogens is 3. The van der Waals surface area contributed by atoms with E-state index in [0.717, 1.165) is 16.0 Å². The third-order valence-electron chi connectivity index (χ3n) is 3.04. The highest BCUT2D eigenvalue weighted by molar-refractivity contribution is 5.67. The first-order chi connectivity index (χ1) is 10.7. The van der Waals surface area contributed by atoms with Crippen LogP contribution in [0.3, 0.4) is 0 Å². The van der Waals surface area contributed by atoms with Crippen LogP contribution in [0.2, 0.25) is 0 Å². The highest BCUT2D eigenvalue weighted by Crippen LogP contribution is 2.21. The van der Waals surface area contributed by atoms with E-state index >= 15 is 0 Å². The summed E-state index contributed by atoms with van der Waals surface area (Å²) in [6.45, 7) is 1.37. The Morgan fingerprint density at radius 1 is 0.864 bits per heavy atom. The number of hydrogen-bond acceptors (Lipinski definition) is 4. The Morgan fingerprint density at radius 3 is 1.73 bits per heavy atom. The molecule has 0 fully saturated rings. The minimum atomic E-state index is -0.353. The molecular weight excluding hydrogens is 276 g/mol. The van der Waals surface area contributed by atoms with Crippen molar-refractivity contribution in [2.24, 2.45) is 5.10 Å². The van der Waals surface area contributed by atoms with Crippen LogP contribution in [-0.2, 0) is 0 Å². The van der Waals surface area contributed by atoms with E-state index in [-0.39, 0.29) is 5.90 Å². The first-order valence-corrected chi connectivity index (χ1v) is 6.87. The van der Waals surface area contributed by atoms with Crippen LogP contribution in [0.1, 0.15) is 6.92 Å². The van der Waals surface area contributed by atoms with Gasteiger partial charge in [-0.25, -0.2) is 0 Å².